The van der Waals surface area contributed by atoms with Crippen LogP contribution in [-0.4, -0.2) is 19.7 Å². The number of nitro groups is 1. The molecule has 0 radical (unpaired) electrons. The molecule has 0 amide bonds. The summed E-state index contributed by atoms with van der Waals surface area (Å²) >= 11 is 9.15. The molecule has 0 aliphatic carbocycles. The Balaban J connectivity index is 2.57. The third kappa shape index (κ3) is 2.16. The van der Waals surface area contributed by atoms with Crippen LogP contribution in [0.15, 0.2) is 22.8 Å². The van der Waals surface area contributed by atoms with Gasteiger partial charge in [-0.1, -0.05) is 11.6 Å². The molecule has 0 N–H and O–H groups in total. The zero-order valence-electron chi connectivity index (χ0n) is 8.59. The third-order valence-electron chi connectivity index (χ3n) is 2.09. The van der Waals surface area contributed by atoms with Gasteiger partial charge in [0.2, 0.25) is 5.15 Å². The molecule has 17 heavy (non-hydrogen) atoms. The second-order valence-corrected chi connectivity index (χ2v) is 4.50. The van der Waals surface area contributed by atoms with Gasteiger partial charge in [0.1, 0.15) is 5.69 Å². The molecule has 0 saturated carbocycles. The molecule has 6 nitrogen and oxygen atoms in total. The number of hydrogen-bond donors (Lipinski definition) is 0. The Bertz CT molecular complexity index is 581. The van der Waals surface area contributed by atoms with Gasteiger partial charge in [0.05, 0.1) is 4.92 Å². The van der Waals surface area contributed by atoms with Crippen LogP contribution in [-0.2, 0) is 0 Å². The smallest absolute Gasteiger partial charge is 0.258 e. The van der Waals surface area contributed by atoms with Crippen LogP contribution in [0.25, 0.3) is 5.82 Å². The summed E-state index contributed by atoms with van der Waals surface area (Å²) in [6.07, 6.45) is 1.56. The Morgan fingerprint density at radius 3 is 2.71 bits per heavy atom. The van der Waals surface area contributed by atoms with Crippen molar-refractivity contribution in [1.29, 1.82) is 0 Å². The van der Waals surface area contributed by atoms with Gasteiger partial charge in [-0.15, -0.1) is 0 Å². The topological polar surface area (TPSA) is 73.8 Å². The summed E-state index contributed by atoms with van der Waals surface area (Å²) in [5, 5.41) is 14.7. The first kappa shape index (κ1) is 12.0. The second kappa shape index (κ2) is 4.42. The minimum Gasteiger partial charge on any atom is -0.258 e. The molecule has 0 aromatic carbocycles. The van der Waals surface area contributed by atoms with Gasteiger partial charge >= 0.3 is 5.69 Å². The van der Waals surface area contributed by atoms with E-state index in [1.54, 1.807) is 18.3 Å². The largest absolute Gasteiger partial charge is 0.329 e. The summed E-state index contributed by atoms with van der Waals surface area (Å²) in [5.41, 5.74) is 0.0566. The van der Waals surface area contributed by atoms with Crippen molar-refractivity contribution in [2.75, 3.05) is 0 Å². The van der Waals surface area contributed by atoms with E-state index in [0.29, 0.717) is 5.82 Å². The monoisotopic (exact) mass is 316 g/mol. The first-order valence-corrected chi connectivity index (χ1v) is 5.69. The van der Waals surface area contributed by atoms with Crippen molar-refractivity contribution in [3.8, 4) is 5.82 Å². The van der Waals surface area contributed by atoms with E-state index in [1.807, 2.05) is 0 Å². The van der Waals surface area contributed by atoms with Gasteiger partial charge in [0, 0.05) is 10.7 Å². The summed E-state index contributed by atoms with van der Waals surface area (Å²) < 4.78 is 2.04. The third-order valence-corrected chi connectivity index (χ3v) is 2.89. The fourth-order valence-electron chi connectivity index (χ4n) is 1.34. The van der Waals surface area contributed by atoms with E-state index in [2.05, 4.69) is 26.0 Å². The summed E-state index contributed by atoms with van der Waals surface area (Å²) in [7, 11) is 0. The number of rotatable bonds is 2. The van der Waals surface area contributed by atoms with E-state index in [1.165, 1.54) is 11.6 Å². The summed E-state index contributed by atoms with van der Waals surface area (Å²) in [4.78, 5) is 14.3. The maximum atomic E-state index is 10.8. The van der Waals surface area contributed by atoms with E-state index >= 15 is 0 Å². The second-order valence-electron chi connectivity index (χ2n) is 3.23. The molecule has 2 aromatic rings. The Kier molecular flexibility index (Phi) is 3.12. The van der Waals surface area contributed by atoms with E-state index in [-0.39, 0.29) is 16.5 Å². The van der Waals surface area contributed by atoms with Gasteiger partial charge < -0.3 is 0 Å². The lowest BCUT2D eigenvalue weighted by atomic mass is 10.4. The van der Waals surface area contributed by atoms with Crippen LogP contribution in [0.2, 0.25) is 5.15 Å². The van der Waals surface area contributed by atoms with E-state index < -0.39 is 4.92 Å². The quantitative estimate of drug-likeness (QED) is 0.630. The summed E-state index contributed by atoms with van der Waals surface area (Å²) in [5.74, 6) is 0.425. The zero-order valence-corrected chi connectivity index (χ0v) is 10.9. The molecular weight excluding hydrogens is 311 g/mol. The Morgan fingerprint density at radius 2 is 2.24 bits per heavy atom. The lowest BCUT2D eigenvalue weighted by molar-refractivity contribution is -0.385. The molecule has 0 saturated heterocycles. The molecule has 0 aliphatic rings. The minimum atomic E-state index is -0.556. The van der Waals surface area contributed by atoms with Crippen molar-refractivity contribution in [3.05, 3.63) is 43.8 Å². The van der Waals surface area contributed by atoms with Gasteiger partial charge in [0.25, 0.3) is 0 Å². The fourth-order valence-corrected chi connectivity index (χ4v) is 1.91. The van der Waals surface area contributed by atoms with Crippen LogP contribution in [0.3, 0.4) is 0 Å². The Labute approximate surface area is 110 Å². The lowest BCUT2D eigenvalue weighted by Crippen LogP contribution is -1.99. The highest BCUT2D eigenvalue weighted by atomic mass is 79.9. The van der Waals surface area contributed by atoms with Crippen LogP contribution < -0.4 is 0 Å². The first-order valence-electron chi connectivity index (χ1n) is 4.52. The standard InChI is InChI=1S/C9H6BrClN4O2/c1-5-8(15(16)17)9(11)14(13-5)7-3-2-6(10)4-12-7/h2-4H,1H3. The van der Waals surface area contributed by atoms with Gasteiger partial charge in [-0.3, -0.25) is 10.1 Å². The molecule has 88 valence electrons. The van der Waals surface area contributed by atoms with Crippen LogP contribution in [0.5, 0.6) is 0 Å². The van der Waals surface area contributed by atoms with Crippen LogP contribution >= 0.6 is 27.5 Å². The predicted octanol–water partition coefficient (Wildman–Crippen LogP) is 2.90. The highest BCUT2D eigenvalue weighted by Crippen LogP contribution is 2.29. The highest BCUT2D eigenvalue weighted by molar-refractivity contribution is 9.10. The highest BCUT2D eigenvalue weighted by Gasteiger charge is 2.24. The van der Waals surface area contributed by atoms with E-state index in [4.69, 9.17) is 11.6 Å². The van der Waals surface area contributed by atoms with Crippen LogP contribution in [0.1, 0.15) is 5.69 Å². The zero-order chi connectivity index (χ0) is 12.6. The van der Waals surface area contributed by atoms with Crippen molar-refractivity contribution < 1.29 is 4.92 Å². The Morgan fingerprint density at radius 1 is 1.53 bits per heavy atom. The molecular formula is C9H6BrClN4O2. The molecule has 8 heteroatoms. The molecule has 0 spiro atoms. The SMILES string of the molecule is Cc1nn(-c2ccc(Br)cn2)c(Cl)c1[N+](=O)[O-]. The van der Waals surface area contributed by atoms with Crippen molar-refractivity contribution >= 4 is 33.2 Å². The molecule has 0 unspecified atom stereocenters. The van der Waals surface area contributed by atoms with Gasteiger partial charge in [-0.25, -0.2) is 4.98 Å². The molecule has 2 aromatic heterocycles. The summed E-state index contributed by atoms with van der Waals surface area (Å²) in [6, 6.07) is 3.41. The number of aromatic nitrogens is 3. The molecule has 0 atom stereocenters. The van der Waals surface area contributed by atoms with E-state index in [9.17, 15) is 10.1 Å². The number of pyridine rings is 1. The van der Waals surface area contributed by atoms with Gasteiger partial charge in [-0.05, 0) is 35.0 Å². The van der Waals surface area contributed by atoms with Crippen molar-refractivity contribution in [2.24, 2.45) is 0 Å². The van der Waals surface area contributed by atoms with Gasteiger partial charge in [0.15, 0.2) is 5.82 Å². The first-order chi connectivity index (χ1) is 8.00. The minimum absolute atomic E-state index is 0.0534. The molecule has 0 aliphatic heterocycles. The number of nitrogens with zero attached hydrogens (tertiary/aromatic N) is 4. The van der Waals surface area contributed by atoms with Crippen LogP contribution in [0, 0.1) is 17.0 Å². The lowest BCUT2D eigenvalue weighted by Gasteiger charge is -2.00. The molecule has 0 bridgehead atoms. The number of halogens is 2. The average Bonchev–Trinajstić information content (AvgIpc) is 2.55. The predicted molar refractivity (Wildman–Crippen MR) is 65.5 cm³/mol. The maximum Gasteiger partial charge on any atom is 0.329 e. The van der Waals surface area contributed by atoms with Crippen molar-refractivity contribution in [3.63, 3.8) is 0 Å². The summed E-state index contributed by atoms with van der Waals surface area (Å²) in [6.45, 7) is 1.53. The molecule has 2 rings (SSSR count). The van der Waals surface area contributed by atoms with Crippen molar-refractivity contribution in [2.45, 2.75) is 6.92 Å². The van der Waals surface area contributed by atoms with E-state index in [0.717, 1.165) is 4.47 Å². The van der Waals surface area contributed by atoms with Gasteiger partial charge in [-0.2, -0.15) is 9.78 Å². The number of aryl methyl sites for hydroxylation is 1. The maximum absolute atomic E-state index is 10.8. The fraction of sp³-hybridized carbons (Fsp3) is 0.111. The molecule has 0 fully saturated rings. The number of hydrogen-bond acceptors (Lipinski definition) is 4. The normalized spacial score (nSPS) is 10.5. The van der Waals surface area contributed by atoms with Crippen molar-refractivity contribution in [1.82, 2.24) is 14.8 Å². The van der Waals surface area contributed by atoms with Crippen LogP contribution in [0.4, 0.5) is 5.69 Å². The average molecular weight is 318 g/mol. The molecule has 2 heterocycles. The Hall–Kier alpha value is -1.47.